The van der Waals surface area contributed by atoms with Crippen molar-refractivity contribution in [3.05, 3.63) is 0 Å². The van der Waals surface area contributed by atoms with E-state index in [1.165, 1.54) is 4.90 Å². The van der Waals surface area contributed by atoms with Crippen molar-refractivity contribution in [1.82, 2.24) is 10.2 Å². The van der Waals surface area contributed by atoms with E-state index in [2.05, 4.69) is 5.32 Å². The molecule has 1 aliphatic heterocycles. The second-order valence-electron chi connectivity index (χ2n) is 6.55. The van der Waals surface area contributed by atoms with Gasteiger partial charge in [-0.2, -0.15) is 0 Å². The molecule has 1 rings (SSSR count). The highest BCUT2D eigenvalue weighted by Crippen LogP contribution is 2.23. The average molecular weight is 318 g/mol. The van der Waals surface area contributed by atoms with Gasteiger partial charge in [0.25, 0.3) is 0 Å². The lowest BCUT2D eigenvalue weighted by Gasteiger charge is -2.42. The number of hydrogen-bond donors (Lipinski definition) is 1. The van der Waals surface area contributed by atoms with E-state index in [1.807, 2.05) is 13.8 Å². The monoisotopic (exact) mass is 318 g/mol. The van der Waals surface area contributed by atoms with Crippen molar-refractivity contribution in [1.29, 1.82) is 0 Å². The van der Waals surface area contributed by atoms with Gasteiger partial charge in [-0.15, -0.1) is 0 Å². The molecule has 1 aliphatic rings. The van der Waals surface area contributed by atoms with Crippen LogP contribution < -0.4 is 5.32 Å². The third-order valence-corrected chi connectivity index (χ3v) is 6.60. The Hall–Kier alpha value is -1.11. The molecule has 0 bridgehead atoms. The van der Waals surface area contributed by atoms with E-state index in [4.69, 9.17) is 0 Å². The molecule has 0 aromatic rings. The van der Waals surface area contributed by atoms with Crippen LogP contribution in [0.5, 0.6) is 0 Å². The van der Waals surface area contributed by atoms with E-state index in [0.717, 1.165) is 12.7 Å². The smallest absolute Gasteiger partial charge is 0.246 e. The first-order valence-electron chi connectivity index (χ1n) is 7.22. The summed E-state index contributed by atoms with van der Waals surface area (Å²) < 4.78 is 22.6. The zero-order valence-corrected chi connectivity index (χ0v) is 14.5. The fraction of sp³-hybridized carbons (Fsp3) is 0.857. The fourth-order valence-corrected chi connectivity index (χ4v) is 2.58. The van der Waals surface area contributed by atoms with Crippen LogP contribution >= 0.6 is 0 Å². The molecule has 0 saturated carbocycles. The Kier molecular flexibility index (Phi) is 5.08. The van der Waals surface area contributed by atoms with Crippen molar-refractivity contribution < 1.29 is 18.0 Å². The number of sulfone groups is 1. The molecule has 2 amide bonds. The van der Waals surface area contributed by atoms with Gasteiger partial charge in [0, 0.05) is 12.8 Å². The third-order valence-electron chi connectivity index (χ3n) is 4.46. The molecule has 21 heavy (non-hydrogen) atoms. The normalized spacial score (nSPS) is 25.7. The number of carbonyl (C=O) groups excluding carboxylic acids is 2. The van der Waals surface area contributed by atoms with Gasteiger partial charge in [0.2, 0.25) is 11.8 Å². The zero-order chi connectivity index (χ0) is 16.6. The average Bonchev–Trinajstić information content (AvgIpc) is 2.36. The second kappa shape index (κ2) is 5.94. The number of nitrogens with zero attached hydrogens (tertiary/aromatic N) is 1. The summed E-state index contributed by atoms with van der Waals surface area (Å²) in [6.45, 7) is 8.65. The van der Waals surface area contributed by atoms with Crippen LogP contribution in [-0.4, -0.2) is 54.8 Å². The van der Waals surface area contributed by atoms with E-state index in [0.29, 0.717) is 0 Å². The van der Waals surface area contributed by atoms with Crippen molar-refractivity contribution in [2.24, 2.45) is 5.92 Å². The summed E-state index contributed by atoms with van der Waals surface area (Å²) >= 11 is 0. The van der Waals surface area contributed by atoms with Gasteiger partial charge in [0.05, 0.1) is 4.75 Å². The van der Waals surface area contributed by atoms with Crippen molar-refractivity contribution >= 4 is 21.7 Å². The Labute approximate surface area is 127 Å². The van der Waals surface area contributed by atoms with Crippen molar-refractivity contribution in [2.75, 3.05) is 12.8 Å². The Bertz CT molecular complexity index is 527. The first-order valence-corrected chi connectivity index (χ1v) is 9.12. The van der Waals surface area contributed by atoms with Crippen molar-refractivity contribution in [3.8, 4) is 0 Å². The van der Waals surface area contributed by atoms with Gasteiger partial charge in [0.1, 0.15) is 12.1 Å². The van der Waals surface area contributed by atoms with Gasteiger partial charge in [-0.25, -0.2) is 8.42 Å². The maximum atomic E-state index is 12.6. The summed E-state index contributed by atoms with van der Waals surface area (Å²) in [7, 11) is -3.33. The van der Waals surface area contributed by atoms with Gasteiger partial charge in [0.15, 0.2) is 9.84 Å². The molecule has 0 spiro atoms. The molecule has 1 N–H and O–H groups in total. The molecule has 6 nitrogen and oxygen atoms in total. The minimum absolute atomic E-state index is 0.0118. The number of hydrogen-bond acceptors (Lipinski definition) is 4. The minimum Gasteiger partial charge on any atom is -0.342 e. The summed E-state index contributed by atoms with van der Waals surface area (Å²) in [4.78, 5) is 26.1. The standard InChI is InChI=1S/C14H26N2O4S/c1-7-9(2)11-13(18)16(10(3)12(17)15-11)8-14(4,5)21(6,19)20/h9-11H,7-8H2,1-6H3,(H,15,17). The lowest BCUT2D eigenvalue weighted by molar-refractivity contribution is -0.150. The molecule has 122 valence electrons. The van der Waals surface area contributed by atoms with Crippen LogP contribution in [0, 0.1) is 5.92 Å². The van der Waals surface area contributed by atoms with Crippen LogP contribution in [-0.2, 0) is 19.4 Å². The highest BCUT2D eigenvalue weighted by atomic mass is 32.2. The van der Waals surface area contributed by atoms with E-state index >= 15 is 0 Å². The lowest BCUT2D eigenvalue weighted by Crippen LogP contribution is -2.66. The third kappa shape index (κ3) is 3.56. The summed E-state index contributed by atoms with van der Waals surface area (Å²) in [6, 6.07) is -1.23. The summed E-state index contributed by atoms with van der Waals surface area (Å²) in [5.41, 5.74) is 0. The maximum Gasteiger partial charge on any atom is 0.246 e. The molecule has 7 heteroatoms. The van der Waals surface area contributed by atoms with Crippen LogP contribution in [0.15, 0.2) is 0 Å². The Balaban J connectivity index is 3.08. The van der Waals surface area contributed by atoms with E-state index < -0.39 is 26.7 Å². The number of amides is 2. The van der Waals surface area contributed by atoms with Crippen molar-refractivity contribution in [3.63, 3.8) is 0 Å². The van der Waals surface area contributed by atoms with Gasteiger partial charge < -0.3 is 10.2 Å². The molecule has 1 saturated heterocycles. The molecular weight excluding hydrogens is 292 g/mol. The molecule has 1 heterocycles. The minimum atomic E-state index is -3.33. The van der Waals surface area contributed by atoms with Gasteiger partial charge >= 0.3 is 0 Å². The molecule has 0 radical (unpaired) electrons. The number of rotatable bonds is 5. The molecule has 0 aromatic heterocycles. The van der Waals surface area contributed by atoms with E-state index in [-0.39, 0.29) is 24.3 Å². The van der Waals surface area contributed by atoms with Gasteiger partial charge in [-0.1, -0.05) is 20.3 Å². The predicted octanol–water partition coefficient (Wildman–Crippen LogP) is 0.571. The van der Waals surface area contributed by atoms with Crippen LogP contribution in [0.2, 0.25) is 0 Å². The van der Waals surface area contributed by atoms with Crippen LogP contribution in [0.3, 0.4) is 0 Å². The Morgan fingerprint density at radius 1 is 1.33 bits per heavy atom. The number of nitrogens with one attached hydrogen (secondary N) is 1. The second-order valence-corrected chi connectivity index (χ2v) is 9.20. The molecular formula is C14H26N2O4S. The van der Waals surface area contributed by atoms with Crippen LogP contribution in [0.1, 0.15) is 41.0 Å². The lowest BCUT2D eigenvalue weighted by atomic mass is 9.94. The summed E-state index contributed by atoms with van der Waals surface area (Å²) in [5.74, 6) is -0.421. The van der Waals surface area contributed by atoms with E-state index in [1.54, 1.807) is 20.8 Å². The molecule has 0 aromatic carbocycles. The van der Waals surface area contributed by atoms with Gasteiger partial charge in [-0.3, -0.25) is 9.59 Å². The predicted molar refractivity (Wildman–Crippen MR) is 81.5 cm³/mol. The molecule has 1 fully saturated rings. The van der Waals surface area contributed by atoms with Crippen molar-refractivity contribution in [2.45, 2.75) is 57.9 Å². The first-order chi connectivity index (χ1) is 9.42. The van der Waals surface area contributed by atoms with Crippen LogP contribution in [0.4, 0.5) is 0 Å². The topological polar surface area (TPSA) is 83.6 Å². The number of carbonyl (C=O) groups is 2. The Morgan fingerprint density at radius 3 is 2.29 bits per heavy atom. The van der Waals surface area contributed by atoms with E-state index in [9.17, 15) is 18.0 Å². The summed E-state index contributed by atoms with van der Waals surface area (Å²) in [6.07, 6.45) is 1.91. The Morgan fingerprint density at radius 2 is 1.86 bits per heavy atom. The molecule has 3 atom stereocenters. The highest BCUT2D eigenvalue weighted by Gasteiger charge is 2.44. The SMILES string of the molecule is CCC(C)C1NC(=O)C(C)N(CC(C)(C)S(C)(=O)=O)C1=O. The van der Waals surface area contributed by atoms with Crippen LogP contribution in [0.25, 0.3) is 0 Å². The quantitative estimate of drug-likeness (QED) is 0.803. The molecule has 0 aliphatic carbocycles. The number of piperazine rings is 1. The zero-order valence-electron chi connectivity index (χ0n) is 13.6. The fourth-order valence-electron chi connectivity index (χ4n) is 2.21. The van der Waals surface area contributed by atoms with Gasteiger partial charge in [-0.05, 0) is 26.7 Å². The maximum absolute atomic E-state index is 12.6. The molecule has 3 unspecified atom stereocenters. The largest absolute Gasteiger partial charge is 0.342 e. The first kappa shape index (κ1) is 17.9. The summed E-state index contributed by atoms with van der Waals surface area (Å²) in [5, 5.41) is 2.74. The highest BCUT2D eigenvalue weighted by molar-refractivity contribution is 7.92.